The first-order valence-electron chi connectivity index (χ1n) is 9.49. The van der Waals surface area contributed by atoms with E-state index in [9.17, 15) is 14.9 Å². The molecule has 10 heteroatoms. The number of ether oxygens (including phenoxy) is 1. The number of rotatable bonds is 9. The minimum absolute atomic E-state index is 0.191. The van der Waals surface area contributed by atoms with Crippen LogP contribution in [0.2, 0.25) is 0 Å². The molecule has 152 valence electrons. The Morgan fingerprint density at radius 1 is 1.48 bits per heavy atom. The molecule has 1 aliphatic rings. The fourth-order valence-corrected chi connectivity index (χ4v) is 3.84. The van der Waals surface area contributed by atoms with Crippen molar-refractivity contribution in [3.63, 3.8) is 0 Å². The lowest BCUT2D eigenvalue weighted by Crippen LogP contribution is -2.27. The van der Waals surface area contributed by atoms with Crippen molar-refractivity contribution in [3.8, 4) is 6.07 Å². The molecule has 1 atom stereocenters. The lowest BCUT2D eigenvalue weighted by atomic mass is 10.1. The van der Waals surface area contributed by atoms with Gasteiger partial charge in [0, 0.05) is 37.6 Å². The summed E-state index contributed by atoms with van der Waals surface area (Å²) in [4.78, 5) is 38.1. The summed E-state index contributed by atoms with van der Waals surface area (Å²) in [6.45, 7) is 4.15. The molecule has 9 nitrogen and oxygen atoms in total. The number of carbonyl (C=O) groups excluding carboxylic acids is 2. The van der Waals surface area contributed by atoms with Gasteiger partial charge in [0.2, 0.25) is 11.9 Å². The van der Waals surface area contributed by atoms with Gasteiger partial charge in [-0.05, 0) is 25.8 Å². The molecule has 0 spiro atoms. The number of nitrogens with zero attached hydrogens (tertiary/aromatic N) is 5. The molecule has 2 aromatic heterocycles. The van der Waals surface area contributed by atoms with E-state index in [1.165, 1.54) is 11.3 Å². The van der Waals surface area contributed by atoms with Gasteiger partial charge >= 0.3 is 5.97 Å². The first kappa shape index (κ1) is 20.7. The summed E-state index contributed by atoms with van der Waals surface area (Å²) in [5.74, 6) is -0.578. The number of nitriles is 1. The molecule has 29 heavy (non-hydrogen) atoms. The van der Waals surface area contributed by atoms with Crippen molar-refractivity contribution in [2.45, 2.75) is 32.1 Å². The average molecular weight is 414 g/mol. The van der Waals surface area contributed by atoms with Crippen LogP contribution < -0.4 is 5.32 Å². The highest BCUT2D eigenvalue weighted by Gasteiger charge is 2.22. The third-order valence-electron chi connectivity index (χ3n) is 4.41. The summed E-state index contributed by atoms with van der Waals surface area (Å²) in [7, 11) is 0. The Morgan fingerprint density at radius 2 is 2.34 bits per heavy atom. The number of carbonyl (C=O) groups is 2. The Hall–Kier alpha value is -3.06. The second-order valence-corrected chi connectivity index (χ2v) is 7.31. The van der Waals surface area contributed by atoms with Crippen LogP contribution in [0.3, 0.4) is 0 Å². The smallest absolute Gasteiger partial charge is 0.357 e. The molecule has 1 saturated heterocycles. The van der Waals surface area contributed by atoms with Crippen LogP contribution in [-0.4, -0.2) is 58.0 Å². The molecule has 3 heterocycles. The van der Waals surface area contributed by atoms with Gasteiger partial charge in [-0.2, -0.15) is 5.26 Å². The van der Waals surface area contributed by atoms with Crippen LogP contribution in [0.15, 0.2) is 17.6 Å². The van der Waals surface area contributed by atoms with Crippen LogP contribution in [0.5, 0.6) is 0 Å². The minimum Gasteiger partial charge on any atom is -0.461 e. The Morgan fingerprint density at radius 3 is 3.07 bits per heavy atom. The van der Waals surface area contributed by atoms with Crippen LogP contribution in [0.1, 0.15) is 53.3 Å². The predicted molar refractivity (Wildman–Crippen MR) is 106 cm³/mol. The molecule has 1 amide bonds. The SMILES string of the molecule is CCOC(=O)c1csc(C(C#N)c2ccnc(NCCCN3CCCC3=O)n2)n1. The zero-order valence-electron chi connectivity index (χ0n) is 16.1. The quantitative estimate of drug-likeness (QED) is 0.489. The minimum atomic E-state index is -0.700. The summed E-state index contributed by atoms with van der Waals surface area (Å²) >= 11 is 1.22. The number of esters is 1. The van der Waals surface area contributed by atoms with Crippen molar-refractivity contribution in [1.82, 2.24) is 19.9 Å². The molecule has 2 aromatic rings. The standard InChI is InChI=1S/C19H22N6O3S/c1-2-28-18(27)15-12-29-17(23-15)13(11-20)14-6-8-22-19(24-14)21-7-4-10-25-9-3-5-16(25)26/h6,8,12-13H,2-5,7,9-10H2,1H3,(H,21,22,24). The zero-order valence-corrected chi connectivity index (χ0v) is 16.9. The van der Waals surface area contributed by atoms with E-state index in [0.717, 1.165) is 19.4 Å². The Labute approximate surface area is 172 Å². The number of amides is 1. The molecule has 0 aliphatic carbocycles. The van der Waals surface area contributed by atoms with E-state index >= 15 is 0 Å². The van der Waals surface area contributed by atoms with Gasteiger partial charge in [0.05, 0.1) is 18.4 Å². The van der Waals surface area contributed by atoms with Crippen LogP contribution >= 0.6 is 11.3 Å². The first-order chi connectivity index (χ1) is 14.1. The highest BCUT2D eigenvalue weighted by Crippen LogP contribution is 2.26. The maximum absolute atomic E-state index is 11.8. The number of thiazole rings is 1. The second-order valence-electron chi connectivity index (χ2n) is 6.42. The van der Waals surface area contributed by atoms with E-state index < -0.39 is 11.9 Å². The van der Waals surface area contributed by atoms with Crippen LogP contribution in [-0.2, 0) is 9.53 Å². The highest BCUT2D eigenvalue weighted by molar-refractivity contribution is 7.10. The third-order valence-corrected chi connectivity index (χ3v) is 5.32. The summed E-state index contributed by atoms with van der Waals surface area (Å²) < 4.78 is 4.94. The Balaban J connectivity index is 1.60. The molecule has 0 radical (unpaired) electrons. The number of hydrogen-bond donors (Lipinski definition) is 1. The predicted octanol–water partition coefficient (Wildman–Crippen LogP) is 2.19. The summed E-state index contributed by atoms with van der Waals surface area (Å²) in [6, 6.07) is 3.85. The molecule has 1 unspecified atom stereocenters. The molecule has 1 N–H and O–H groups in total. The Kier molecular flexibility index (Phi) is 7.08. The molecule has 0 aromatic carbocycles. The molecule has 3 rings (SSSR count). The molecule has 0 saturated carbocycles. The van der Waals surface area contributed by atoms with Gasteiger partial charge in [-0.3, -0.25) is 4.79 Å². The zero-order chi connectivity index (χ0) is 20.6. The van der Waals surface area contributed by atoms with Gasteiger partial charge in [0.25, 0.3) is 0 Å². The summed E-state index contributed by atoms with van der Waals surface area (Å²) in [5, 5.41) is 14.8. The lowest BCUT2D eigenvalue weighted by molar-refractivity contribution is -0.127. The van der Waals surface area contributed by atoms with E-state index in [-0.39, 0.29) is 18.2 Å². The fourth-order valence-electron chi connectivity index (χ4n) is 3.00. The Bertz CT molecular complexity index is 909. The van der Waals surface area contributed by atoms with Crippen molar-refractivity contribution in [3.05, 3.63) is 34.0 Å². The van der Waals surface area contributed by atoms with E-state index in [1.54, 1.807) is 24.6 Å². The molecule has 0 bridgehead atoms. The monoisotopic (exact) mass is 414 g/mol. The number of hydrogen-bond acceptors (Lipinski definition) is 9. The van der Waals surface area contributed by atoms with E-state index in [4.69, 9.17) is 4.74 Å². The molecular formula is C19H22N6O3S. The van der Waals surface area contributed by atoms with Crippen LogP contribution in [0.4, 0.5) is 5.95 Å². The number of nitrogens with one attached hydrogen (secondary N) is 1. The van der Waals surface area contributed by atoms with E-state index in [1.807, 2.05) is 4.90 Å². The van der Waals surface area contributed by atoms with E-state index in [2.05, 4.69) is 26.3 Å². The normalized spacial score (nSPS) is 14.5. The average Bonchev–Trinajstić information content (AvgIpc) is 3.36. The van der Waals surface area contributed by atoms with Crippen LogP contribution in [0.25, 0.3) is 0 Å². The maximum Gasteiger partial charge on any atom is 0.357 e. The van der Waals surface area contributed by atoms with Crippen LogP contribution in [0, 0.1) is 11.3 Å². The molecular weight excluding hydrogens is 392 g/mol. The summed E-state index contributed by atoms with van der Waals surface area (Å²) in [6.07, 6.45) is 3.94. The maximum atomic E-state index is 11.8. The number of likely N-dealkylation sites (tertiary alicyclic amines) is 1. The largest absolute Gasteiger partial charge is 0.461 e. The second kappa shape index (κ2) is 9.93. The van der Waals surface area contributed by atoms with Crippen molar-refractivity contribution >= 4 is 29.2 Å². The lowest BCUT2D eigenvalue weighted by Gasteiger charge is -2.15. The number of aromatic nitrogens is 3. The molecule has 1 aliphatic heterocycles. The van der Waals surface area contributed by atoms with Gasteiger partial charge in [-0.15, -0.1) is 11.3 Å². The van der Waals surface area contributed by atoms with Crippen molar-refractivity contribution in [1.29, 1.82) is 5.26 Å². The summed E-state index contributed by atoms with van der Waals surface area (Å²) in [5.41, 5.74) is 0.695. The first-order valence-corrected chi connectivity index (χ1v) is 10.4. The van der Waals surface area contributed by atoms with Gasteiger partial charge in [0.15, 0.2) is 5.69 Å². The highest BCUT2D eigenvalue weighted by atomic mass is 32.1. The van der Waals surface area contributed by atoms with Gasteiger partial charge in [-0.25, -0.2) is 19.7 Å². The van der Waals surface area contributed by atoms with Crippen molar-refractivity contribution in [2.75, 3.05) is 31.6 Å². The van der Waals surface area contributed by atoms with Gasteiger partial charge in [0.1, 0.15) is 10.9 Å². The number of anilines is 1. The van der Waals surface area contributed by atoms with Gasteiger partial charge < -0.3 is 15.0 Å². The van der Waals surface area contributed by atoms with Gasteiger partial charge in [-0.1, -0.05) is 0 Å². The third kappa shape index (κ3) is 5.26. The van der Waals surface area contributed by atoms with Crippen molar-refractivity contribution in [2.24, 2.45) is 0 Å². The van der Waals surface area contributed by atoms with Crippen molar-refractivity contribution < 1.29 is 14.3 Å². The molecule has 1 fully saturated rings. The topological polar surface area (TPSA) is 121 Å². The van der Waals surface area contributed by atoms with E-state index in [0.29, 0.717) is 36.2 Å². The fraction of sp³-hybridized carbons (Fsp3) is 0.474.